The van der Waals surface area contributed by atoms with Crippen molar-refractivity contribution in [3.63, 3.8) is 0 Å². The van der Waals surface area contributed by atoms with Gasteiger partial charge in [-0.15, -0.1) is 10.2 Å². The van der Waals surface area contributed by atoms with Gasteiger partial charge in [0.2, 0.25) is 5.13 Å². The molecule has 0 atom stereocenters. The molecule has 4 rings (SSSR count). The van der Waals surface area contributed by atoms with Crippen LogP contribution in [0, 0.1) is 5.82 Å². The predicted octanol–water partition coefficient (Wildman–Crippen LogP) is 5.32. The number of hydrogen-bond donors (Lipinski definition) is 1. The molecule has 2 aromatic carbocycles. The normalized spacial score (nSPS) is 11.3. The molecule has 0 saturated heterocycles. The van der Waals surface area contributed by atoms with E-state index in [9.17, 15) is 13.2 Å². The number of hydrogen-bond acceptors (Lipinski definition) is 7. The van der Waals surface area contributed by atoms with Gasteiger partial charge in [-0.25, -0.2) is 23.1 Å². The van der Waals surface area contributed by atoms with Crippen LogP contribution in [0.15, 0.2) is 57.9 Å². The summed E-state index contributed by atoms with van der Waals surface area (Å²) in [6.07, 6.45) is -2.76. The molecule has 0 aliphatic carbocycles. The van der Waals surface area contributed by atoms with Crippen LogP contribution in [-0.2, 0) is 6.54 Å². The Morgan fingerprint density at radius 3 is 2.57 bits per heavy atom. The van der Waals surface area contributed by atoms with Crippen LogP contribution in [0.2, 0.25) is 0 Å². The summed E-state index contributed by atoms with van der Waals surface area (Å²) in [5.41, 5.74) is 1.35. The molecule has 0 aliphatic rings. The Bertz CT molecular complexity index is 1100. The van der Waals surface area contributed by atoms with Gasteiger partial charge in [0, 0.05) is 11.9 Å². The zero-order chi connectivity index (χ0) is 19.5. The van der Waals surface area contributed by atoms with Crippen molar-refractivity contribution < 1.29 is 13.2 Å². The van der Waals surface area contributed by atoms with Crippen LogP contribution in [0.4, 0.5) is 18.3 Å². The zero-order valence-electron chi connectivity index (χ0n) is 14.1. The van der Waals surface area contributed by atoms with Crippen LogP contribution >= 0.6 is 23.1 Å². The van der Waals surface area contributed by atoms with Crippen molar-refractivity contribution in [3.8, 4) is 0 Å². The van der Waals surface area contributed by atoms with E-state index in [0.717, 1.165) is 17.3 Å². The number of fused-ring (bicyclic) bond motifs is 1. The summed E-state index contributed by atoms with van der Waals surface area (Å²) < 4.78 is 39.7. The molecule has 0 aliphatic heterocycles. The van der Waals surface area contributed by atoms with Crippen LogP contribution < -0.4 is 5.32 Å². The maximum atomic E-state index is 13.1. The molecular formula is C18H12F3N5S2. The molecule has 0 spiro atoms. The number of aromatic nitrogens is 4. The average Bonchev–Trinajstić information content (AvgIpc) is 3.15. The minimum Gasteiger partial charge on any atom is -0.356 e. The molecule has 0 radical (unpaired) electrons. The Hall–Kier alpha value is -2.72. The van der Waals surface area contributed by atoms with Gasteiger partial charge in [-0.2, -0.15) is 0 Å². The van der Waals surface area contributed by atoms with E-state index in [1.165, 1.54) is 23.5 Å². The summed E-state index contributed by atoms with van der Waals surface area (Å²) in [4.78, 5) is 7.90. The first-order valence-corrected chi connectivity index (χ1v) is 9.76. The Morgan fingerprint density at radius 1 is 1.00 bits per heavy atom. The Kier molecular flexibility index (Phi) is 5.40. The monoisotopic (exact) mass is 419 g/mol. The summed E-state index contributed by atoms with van der Waals surface area (Å²) in [6.45, 7) is 0.464. The molecule has 1 N–H and O–H groups in total. The van der Waals surface area contributed by atoms with E-state index >= 15 is 0 Å². The van der Waals surface area contributed by atoms with Gasteiger partial charge in [0.15, 0.2) is 10.2 Å². The standard InChI is InChI=1S/C18H12F3N5S2/c19-11-7-5-10(6-8-11)9-22-17-25-26-18(28-17)27-16-12-3-1-2-4-13(12)23-15(24-16)14(20)21/h1-8,14H,9H2,(H,22,25). The molecule has 10 heteroatoms. The van der Waals surface area contributed by atoms with Gasteiger partial charge < -0.3 is 5.32 Å². The molecule has 0 saturated carbocycles. The lowest BCUT2D eigenvalue weighted by Crippen LogP contribution is -1.98. The zero-order valence-corrected chi connectivity index (χ0v) is 15.8. The molecule has 0 amide bonds. The number of benzene rings is 2. The molecule has 2 aromatic heterocycles. The van der Waals surface area contributed by atoms with Gasteiger partial charge in [0.25, 0.3) is 6.43 Å². The highest BCUT2D eigenvalue weighted by molar-refractivity contribution is 8.01. The molecule has 4 aromatic rings. The van der Waals surface area contributed by atoms with Crippen molar-refractivity contribution in [1.82, 2.24) is 20.2 Å². The lowest BCUT2D eigenvalue weighted by atomic mass is 10.2. The van der Waals surface area contributed by atoms with Crippen LogP contribution in [-0.4, -0.2) is 20.2 Å². The third kappa shape index (κ3) is 4.23. The van der Waals surface area contributed by atoms with E-state index in [1.54, 1.807) is 36.4 Å². The number of anilines is 1. The predicted molar refractivity (Wildman–Crippen MR) is 102 cm³/mol. The molecule has 0 bridgehead atoms. The smallest absolute Gasteiger partial charge is 0.297 e. The fourth-order valence-electron chi connectivity index (χ4n) is 2.43. The van der Waals surface area contributed by atoms with Crippen molar-refractivity contribution in [1.29, 1.82) is 0 Å². The van der Waals surface area contributed by atoms with Crippen LogP contribution in [0.5, 0.6) is 0 Å². The van der Waals surface area contributed by atoms with Crippen LogP contribution in [0.1, 0.15) is 17.8 Å². The average molecular weight is 419 g/mol. The molecule has 28 heavy (non-hydrogen) atoms. The van der Waals surface area contributed by atoms with Crippen LogP contribution in [0.25, 0.3) is 10.9 Å². The molecule has 5 nitrogen and oxygen atoms in total. The lowest BCUT2D eigenvalue weighted by Gasteiger charge is -2.06. The quantitative estimate of drug-likeness (QED) is 0.427. The second kappa shape index (κ2) is 8.11. The fraction of sp³-hybridized carbons (Fsp3) is 0.111. The van der Waals surface area contributed by atoms with Gasteiger partial charge in [-0.3, -0.25) is 0 Å². The number of alkyl halides is 2. The summed E-state index contributed by atoms with van der Waals surface area (Å²) >= 11 is 2.44. The number of para-hydroxylation sites is 1. The van der Waals surface area contributed by atoms with Gasteiger partial charge in [0.1, 0.15) is 10.8 Å². The Morgan fingerprint density at radius 2 is 1.79 bits per heavy atom. The highest BCUT2D eigenvalue weighted by Gasteiger charge is 2.17. The fourth-order valence-corrected chi connectivity index (χ4v) is 4.21. The maximum Gasteiger partial charge on any atom is 0.297 e. The molecule has 142 valence electrons. The minimum atomic E-state index is -2.76. The van der Waals surface area contributed by atoms with Gasteiger partial charge in [0.05, 0.1) is 5.52 Å². The van der Waals surface area contributed by atoms with Crippen molar-refractivity contribution >= 4 is 39.1 Å². The first-order valence-electron chi connectivity index (χ1n) is 8.13. The van der Waals surface area contributed by atoms with E-state index in [-0.39, 0.29) is 5.82 Å². The summed E-state index contributed by atoms with van der Waals surface area (Å²) in [5.74, 6) is -0.807. The molecule has 0 fully saturated rings. The summed E-state index contributed by atoms with van der Waals surface area (Å²) in [7, 11) is 0. The second-order valence-corrected chi connectivity index (χ2v) is 7.87. The summed E-state index contributed by atoms with van der Waals surface area (Å²) in [6, 6.07) is 13.1. The van der Waals surface area contributed by atoms with Crippen molar-refractivity contribution in [2.45, 2.75) is 22.3 Å². The van der Waals surface area contributed by atoms with Crippen molar-refractivity contribution in [3.05, 3.63) is 65.7 Å². The van der Waals surface area contributed by atoms with E-state index in [2.05, 4.69) is 25.5 Å². The highest BCUT2D eigenvalue weighted by Crippen LogP contribution is 2.35. The van der Waals surface area contributed by atoms with Crippen molar-refractivity contribution in [2.75, 3.05) is 5.32 Å². The molecule has 2 heterocycles. The first kappa shape index (κ1) is 18.6. The Balaban J connectivity index is 1.53. The topological polar surface area (TPSA) is 63.6 Å². The Labute approximate surface area is 166 Å². The van der Waals surface area contributed by atoms with E-state index < -0.39 is 12.2 Å². The molecular weight excluding hydrogens is 407 g/mol. The lowest BCUT2D eigenvalue weighted by molar-refractivity contribution is 0.140. The second-order valence-electron chi connectivity index (χ2n) is 5.66. The minimum absolute atomic E-state index is 0.293. The number of rotatable bonds is 6. The highest BCUT2D eigenvalue weighted by atomic mass is 32.2. The van der Waals surface area contributed by atoms with E-state index in [1.807, 2.05) is 0 Å². The first-order chi connectivity index (χ1) is 13.6. The largest absolute Gasteiger partial charge is 0.356 e. The van der Waals surface area contributed by atoms with E-state index in [4.69, 9.17) is 0 Å². The van der Waals surface area contributed by atoms with Crippen LogP contribution in [0.3, 0.4) is 0 Å². The summed E-state index contributed by atoms with van der Waals surface area (Å²) in [5, 5.41) is 12.9. The van der Waals surface area contributed by atoms with Gasteiger partial charge >= 0.3 is 0 Å². The van der Waals surface area contributed by atoms with Crippen molar-refractivity contribution in [2.24, 2.45) is 0 Å². The third-order valence-corrected chi connectivity index (χ3v) is 5.66. The van der Waals surface area contributed by atoms with Gasteiger partial charge in [-0.05, 0) is 35.5 Å². The van der Waals surface area contributed by atoms with E-state index in [0.29, 0.717) is 31.9 Å². The number of nitrogens with one attached hydrogen (secondary N) is 1. The maximum absolute atomic E-state index is 13.1. The SMILES string of the molecule is Fc1ccc(CNc2nnc(Sc3nc(C(F)F)nc4ccccc34)s2)cc1. The van der Waals surface area contributed by atoms with Gasteiger partial charge in [-0.1, -0.05) is 41.7 Å². The molecule has 0 unspecified atom stereocenters. The third-order valence-electron chi connectivity index (χ3n) is 3.73. The number of halogens is 3. The number of nitrogens with zero attached hydrogens (tertiary/aromatic N) is 4.